The molecule has 0 bridgehead atoms. The predicted octanol–water partition coefficient (Wildman–Crippen LogP) is 0.199. The van der Waals surface area contributed by atoms with Gasteiger partial charge in [-0.3, -0.25) is 5.41 Å². The van der Waals surface area contributed by atoms with Crippen molar-refractivity contribution in [3.63, 3.8) is 0 Å². The van der Waals surface area contributed by atoms with Gasteiger partial charge in [0.1, 0.15) is 18.2 Å². The van der Waals surface area contributed by atoms with Crippen molar-refractivity contribution in [2.24, 2.45) is 17.2 Å². The van der Waals surface area contributed by atoms with Gasteiger partial charge in [0.25, 0.3) is 0 Å². The minimum absolute atomic E-state index is 0.0352. The van der Waals surface area contributed by atoms with E-state index < -0.39 is 0 Å². The molecular formula is C12H20N4O. The van der Waals surface area contributed by atoms with Crippen molar-refractivity contribution in [1.82, 2.24) is 0 Å². The molecule has 1 aromatic rings. The Labute approximate surface area is 101 Å². The van der Waals surface area contributed by atoms with Gasteiger partial charge in [0.2, 0.25) is 0 Å². The molecule has 17 heavy (non-hydrogen) atoms. The van der Waals surface area contributed by atoms with E-state index in [-0.39, 0.29) is 5.84 Å². The maximum Gasteiger partial charge on any atom is 0.123 e. The van der Waals surface area contributed by atoms with Crippen LogP contribution in [-0.2, 0) is 6.42 Å². The molecule has 5 nitrogen and oxygen atoms in total. The molecule has 0 heterocycles. The Hall–Kier alpha value is -1.59. The molecule has 0 aliphatic carbocycles. The summed E-state index contributed by atoms with van der Waals surface area (Å²) < 4.78 is 5.56. The highest BCUT2D eigenvalue weighted by Gasteiger charge is 2.06. The van der Waals surface area contributed by atoms with E-state index in [1.807, 2.05) is 12.1 Å². The van der Waals surface area contributed by atoms with Gasteiger partial charge in [0.15, 0.2) is 0 Å². The minimum atomic E-state index is 0.0352. The largest absolute Gasteiger partial charge is 0.492 e. The quantitative estimate of drug-likeness (QED) is 0.400. The highest BCUT2D eigenvalue weighted by Crippen LogP contribution is 2.21. The van der Waals surface area contributed by atoms with Crippen LogP contribution in [0.4, 0.5) is 0 Å². The summed E-state index contributed by atoms with van der Waals surface area (Å²) in [4.78, 5) is 0. The number of ether oxygens (including phenoxy) is 1. The van der Waals surface area contributed by atoms with Crippen molar-refractivity contribution in [3.05, 3.63) is 29.3 Å². The van der Waals surface area contributed by atoms with Gasteiger partial charge in [0.05, 0.1) is 0 Å². The zero-order valence-corrected chi connectivity index (χ0v) is 9.91. The van der Waals surface area contributed by atoms with Crippen LogP contribution in [0.3, 0.4) is 0 Å². The Balaban J connectivity index is 2.90. The Kier molecular flexibility index (Phi) is 5.45. The van der Waals surface area contributed by atoms with Crippen LogP contribution in [0.5, 0.6) is 5.75 Å². The van der Waals surface area contributed by atoms with Crippen LogP contribution in [0.15, 0.2) is 18.2 Å². The number of hydrogen-bond donors (Lipinski definition) is 4. The Bertz CT molecular complexity index is 379. The topological polar surface area (TPSA) is 111 Å². The first-order chi connectivity index (χ1) is 8.19. The van der Waals surface area contributed by atoms with E-state index in [0.717, 1.165) is 24.2 Å². The Morgan fingerprint density at radius 3 is 2.59 bits per heavy atom. The van der Waals surface area contributed by atoms with Gasteiger partial charge >= 0.3 is 0 Å². The summed E-state index contributed by atoms with van der Waals surface area (Å²) in [5, 5.41) is 7.40. The second kappa shape index (κ2) is 6.88. The van der Waals surface area contributed by atoms with Gasteiger partial charge in [-0.2, -0.15) is 0 Å². The summed E-state index contributed by atoms with van der Waals surface area (Å²) in [5.74, 6) is 0.782. The number of hydrogen-bond acceptors (Lipinski definition) is 4. The lowest BCUT2D eigenvalue weighted by Crippen LogP contribution is -2.14. The van der Waals surface area contributed by atoms with E-state index in [9.17, 15) is 0 Å². The molecule has 0 spiro atoms. The van der Waals surface area contributed by atoms with Gasteiger partial charge in [-0.15, -0.1) is 0 Å². The summed E-state index contributed by atoms with van der Waals surface area (Å²) >= 11 is 0. The molecule has 7 N–H and O–H groups in total. The van der Waals surface area contributed by atoms with Gasteiger partial charge in [0, 0.05) is 12.1 Å². The lowest BCUT2D eigenvalue weighted by molar-refractivity contribution is 0.324. The Morgan fingerprint density at radius 2 is 2.00 bits per heavy atom. The maximum absolute atomic E-state index is 7.40. The number of nitrogens with two attached hydrogens (primary N) is 3. The first kappa shape index (κ1) is 13.5. The van der Waals surface area contributed by atoms with Gasteiger partial charge in [-0.05, 0) is 31.0 Å². The van der Waals surface area contributed by atoms with Crippen molar-refractivity contribution in [2.45, 2.75) is 12.8 Å². The van der Waals surface area contributed by atoms with E-state index in [2.05, 4.69) is 0 Å². The second-order valence-electron chi connectivity index (χ2n) is 3.77. The molecule has 0 fully saturated rings. The summed E-state index contributed by atoms with van der Waals surface area (Å²) in [5.41, 5.74) is 18.1. The highest BCUT2D eigenvalue weighted by molar-refractivity contribution is 5.95. The van der Waals surface area contributed by atoms with Crippen molar-refractivity contribution in [1.29, 1.82) is 5.41 Å². The molecule has 0 atom stereocenters. The predicted molar refractivity (Wildman–Crippen MR) is 69.4 cm³/mol. The standard InChI is InChI=1S/C12H20N4O/c13-5-1-2-9-3-4-10(12(15)16)8-11(9)17-7-6-14/h3-4,8H,1-2,5-7,13-14H2,(H3,15,16). The van der Waals surface area contributed by atoms with Crippen LogP contribution >= 0.6 is 0 Å². The summed E-state index contributed by atoms with van der Waals surface area (Å²) in [7, 11) is 0. The van der Waals surface area contributed by atoms with E-state index >= 15 is 0 Å². The van der Waals surface area contributed by atoms with Gasteiger partial charge < -0.3 is 21.9 Å². The van der Waals surface area contributed by atoms with E-state index in [4.69, 9.17) is 27.3 Å². The zero-order chi connectivity index (χ0) is 12.7. The number of amidine groups is 1. The molecule has 1 aromatic carbocycles. The summed E-state index contributed by atoms with van der Waals surface area (Å²) in [6.07, 6.45) is 1.76. The van der Waals surface area contributed by atoms with E-state index in [1.54, 1.807) is 6.07 Å². The van der Waals surface area contributed by atoms with E-state index in [1.165, 1.54) is 0 Å². The van der Waals surface area contributed by atoms with Gasteiger partial charge in [-0.25, -0.2) is 0 Å². The van der Waals surface area contributed by atoms with Gasteiger partial charge in [-0.1, -0.05) is 12.1 Å². The molecule has 0 saturated carbocycles. The molecule has 94 valence electrons. The van der Waals surface area contributed by atoms with Crippen molar-refractivity contribution < 1.29 is 4.74 Å². The maximum atomic E-state index is 7.40. The molecule has 0 saturated heterocycles. The van der Waals surface area contributed by atoms with Crippen LogP contribution < -0.4 is 21.9 Å². The normalized spacial score (nSPS) is 10.2. The monoisotopic (exact) mass is 236 g/mol. The Morgan fingerprint density at radius 1 is 1.24 bits per heavy atom. The van der Waals surface area contributed by atoms with Crippen LogP contribution in [0, 0.1) is 5.41 Å². The smallest absolute Gasteiger partial charge is 0.123 e. The molecule has 0 aliphatic heterocycles. The third-order valence-corrected chi connectivity index (χ3v) is 2.40. The lowest BCUT2D eigenvalue weighted by atomic mass is 10.1. The third-order valence-electron chi connectivity index (χ3n) is 2.40. The van der Waals surface area contributed by atoms with E-state index in [0.29, 0.717) is 25.3 Å². The molecule has 0 amide bonds. The van der Waals surface area contributed by atoms with Crippen LogP contribution in [0.25, 0.3) is 0 Å². The molecule has 5 heteroatoms. The SMILES string of the molecule is N=C(N)c1ccc(CCCN)c(OCCN)c1. The average molecular weight is 236 g/mol. The molecule has 0 unspecified atom stereocenters. The molecular weight excluding hydrogens is 216 g/mol. The fourth-order valence-corrected chi connectivity index (χ4v) is 1.52. The molecule has 0 aliphatic rings. The number of aryl methyl sites for hydroxylation is 1. The van der Waals surface area contributed by atoms with Crippen LogP contribution in [0.1, 0.15) is 17.5 Å². The number of benzene rings is 1. The third kappa shape index (κ3) is 4.05. The lowest BCUT2D eigenvalue weighted by Gasteiger charge is -2.12. The van der Waals surface area contributed by atoms with Crippen molar-refractivity contribution in [3.8, 4) is 5.75 Å². The second-order valence-corrected chi connectivity index (χ2v) is 3.77. The number of nitrogen functional groups attached to an aromatic ring is 1. The molecule has 0 radical (unpaired) electrons. The van der Waals surface area contributed by atoms with Crippen LogP contribution in [0.2, 0.25) is 0 Å². The fourth-order valence-electron chi connectivity index (χ4n) is 1.52. The van der Waals surface area contributed by atoms with Crippen LogP contribution in [-0.4, -0.2) is 25.5 Å². The summed E-state index contributed by atoms with van der Waals surface area (Å²) in [6.45, 7) is 1.56. The highest BCUT2D eigenvalue weighted by atomic mass is 16.5. The summed E-state index contributed by atoms with van der Waals surface area (Å²) in [6, 6.07) is 5.53. The number of nitrogens with one attached hydrogen (secondary N) is 1. The first-order valence-corrected chi connectivity index (χ1v) is 5.69. The molecule has 1 rings (SSSR count). The number of rotatable bonds is 7. The fraction of sp³-hybridized carbons (Fsp3) is 0.417. The van der Waals surface area contributed by atoms with Crippen molar-refractivity contribution >= 4 is 5.84 Å². The first-order valence-electron chi connectivity index (χ1n) is 5.69. The zero-order valence-electron chi connectivity index (χ0n) is 9.91. The average Bonchev–Trinajstić information content (AvgIpc) is 2.34. The molecule has 0 aromatic heterocycles. The minimum Gasteiger partial charge on any atom is -0.492 e. The van der Waals surface area contributed by atoms with Crippen molar-refractivity contribution in [2.75, 3.05) is 19.7 Å².